The highest BCUT2D eigenvalue weighted by molar-refractivity contribution is 4.70. The summed E-state index contributed by atoms with van der Waals surface area (Å²) < 4.78 is 0. The summed E-state index contributed by atoms with van der Waals surface area (Å²) in [6, 6.07) is 0. The van der Waals surface area contributed by atoms with E-state index in [0.717, 1.165) is 44.9 Å². The van der Waals surface area contributed by atoms with Crippen molar-refractivity contribution < 1.29 is 15.3 Å². The second kappa shape index (κ2) is 10.8. The zero-order valence-electron chi connectivity index (χ0n) is 12.3. The van der Waals surface area contributed by atoms with Gasteiger partial charge in [0.25, 0.3) is 0 Å². The van der Waals surface area contributed by atoms with Crippen molar-refractivity contribution in [1.29, 1.82) is 0 Å². The molecule has 3 N–H and O–H groups in total. The molecule has 0 spiro atoms. The molecule has 0 rings (SSSR count). The standard InChI is InChI=1S/C15H32O3/c1-4-13(11-15(18)12(2)3)10-14(17)8-6-5-7-9-16/h12-18H,4-11H2,1-3H3. The highest BCUT2D eigenvalue weighted by atomic mass is 16.3. The van der Waals surface area contributed by atoms with Gasteiger partial charge in [-0.1, -0.05) is 40.0 Å². The van der Waals surface area contributed by atoms with Crippen LogP contribution in [-0.4, -0.2) is 34.1 Å². The first-order valence-electron chi connectivity index (χ1n) is 7.48. The summed E-state index contributed by atoms with van der Waals surface area (Å²) in [5, 5.41) is 28.5. The Labute approximate surface area is 112 Å². The first kappa shape index (κ1) is 17.9. The van der Waals surface area contributed by atoms with Crippen molar-refractivity contribution in [3.05, 3.63) is 0 Å². The molecule has 0 saturated carbocycles. The normalized spacial score (nSPS) is 16.8. The molecule has 0 amide bonds. The summed E-state index contributed by atoms with van der Waals surface area (Å²) in [6.45, 7) is 6.43. The van der Waals surface area contributed by atoms with Crippen molar-refractivity contribution in [2.75, 3.05) is 6.61 Å². The highest BCUT2D eigenvalue weighted by Gasteiger charge is 2.18. The van der Waals surface area contributed by atoms with E-state index in [0.29, 0.717) is 11.8 Å². The maximum absolute atomic E-state index is 9.96. The molecular formula is C15H32O3. The fourth-order valence-electron chi connectivity index (χ4n) is 2.21. The molecule has 0 radical (unpaired) electrons. The summed E-state index contributed by atoms with van der Waals surface area (Å²) in [5.41, 5.74) is 0. The molecule has 0 heterocycles. The lowest BCUT2D eigenvalue weighted by Crippen LogP contribution is -2.22. The van der Waals surface area contributed by atoms with E-state index in [1.165, 1.54) is 0 Å². The van der Waals surface area contributed by atoms with Gasteiger partial charge in [0.1, 0.15) is 0 Å². The Morgan fingerprint density at radius 2 is 1.61 bits per heavy atom. The SMILES string of the molecule is CCC(CC(O)CCCCCO)CC(O)C(C)C. The van der Waals surface area contributed by atoms with Crippen LogP contribution in [0.25, 0.3) is 0 Å². The molecule has 0 aliphatic carbocycles. The topological polar surface area (TPSA) is 60.7 Å². The lowest BCUT2D eigenvalue weighted by Gasteiger charge is -2.23. The first-order chi connectivity index (χ1) is 8.51. The van der Waals surface area contributed by atoms with Crippen LogP contribution in [0.2, 0.25) is 0 Å². The number of aliphatic hydroxyl groups is 3. The van der Waals surface area contributed by atoms with E-state index in [-0.39, 0.29) is 18.8 Å². The van der Waals surface area contributed by atoms with E-state index in [4.69, 9.17) is 5.11 Å². The van der Waals surface area contributed by atoms with E-state index >= 15 is 0 Å². The van der Waals surface area contributed by atoms with Crippen LogP contribution in [0.1, 0.15) is 65.7 Å². The molecule has 0 aliphatic heterocycles. The fraction of sp³-hybridized carbons (Fsp3) is 1.00. The molecule has 0 aromatic carbocycles. The Bertz CT molecular complexity index is 183. The quantitative estimate of drug-likeness (QED) is 0.501. The maximum atomic E-state index is 9.96. The molecule has 0 bridgehead atoms. The Hall–Kier alpha value is -0.120. The molecule has 0 aromatic heterocycles. The Morgan fingerprint density at radius 3 is 2.11 bits per heavy atom. The second-order valence-corrected chi connectivity index (χ2v) is 5.78. The Balaban J connectivity index is 3.82. The summed E-state index contributed by atoms with van der Waals surface area (Å²) in [5.74, 6) is 0.705. The molecule has 3 atom stereocenters. The van der Waals surface area contributed by atoms with Crippen LogP contribution < -0.4 is 0 Å². The van der Waals surface area contributed by atoms with Crippen molar-refractivity contribution in [2.45, 2.75) is 77.9 Å². The number of hydrogen-bond donors (Lipinski definition) is 3. The largest absolute Gasteiger partial charge is 0.396 e. The predicted molar refractivity (Wildman–Crippen MR) is 75.4 cm³/mol. The Morgan fingerprint density at radius 1 is 0.944 bits per heavy atom. The zero-order chi connectivity index (χ0) is 14.0. The van der Waals surface area contributed by atoms with E-state index in [9.17, 15) is 10.2 Å². The van der Waals surface area contributed by atoms with Gasteiger partial charge in [-0.25, -0.2) is 0 Å². The van der Waals surface area contributed by atoms with Crippen LogP contribution in [0, 0.1) is 11.8 Å². The van der Waals surface area contributed by atoms with E-state index < -0.39 is 0 Å². The molecule has 3 unspecified atom stereocenters. The van der Waals surface area contributed by atoms with Crippen LogP contribution >= 0.6 is 0 Å². The maximum Gasteiger partial charge on any atom is 0.0565 e. The summed E-state index contributed by atoms with van der Waals surface area (Å²) in [4.78, 5) is 0. The minimum atomic E-state index is -0.256. The molecule has 0 fully saturated rings. The van der Waals surface area contributed by atoms with Gasteiger partial charge in [-0.15, -0.1) is 0 Å². The van der Waals surface area contributed by atoms with Crippen molar-refractivity contribution in [2.24, 2.45) is 11.8 Å². The lowest BCUT2D eigenvalue weighted by atomic mass is 9.88. The predicted octanol–water partition coefficient (Wildman–Crippen LogP) is 2.72. The van der Waals surface area contributed by atoms with Gasteiger partial charge in [0, 0.05) is 6.61 Å². The molecule has 3 heteroatoms. The molecule has 0 aromatic rings. The monoisotopic (exact) mass is 260 g/mol. The number of hydrogen-bond acceptors (Lipinski definition) is 3. The smallest absolute Gasteiger partial charge is 0.0565 e. The van der Waals surface area contributed by atoms with Gasteiger partial charge in [-0.3, -0.25) is 0 Å². The molecule has 0 aliphatic rings. The van der Waals surface area contributed by atoms with Crippen molar-refractivity contribution in [1.82, 2.24) is 0 Å². The van der Waals surface area contributed by atoms with E-state index in [1.807, 2.05) is 13.8 Å². The second-order valence-electron chi connectivity index (χ2n) is 5.78. The highest BCUT2D eigenvalue weighted by Crippen LogP contribution is 2.22. The summed E-state index contributed by atoms with van der Waals surface area (Å²) in [7, 11) is 0. The van der Waals surface area contributed by atoms with Gasteiger partial charge in [-0.2, -0.15) is 0 Å². The fourth-order valence-corrected chi connectivity index (χ4v) is 2.21. The van der Waals surface area contributed by atoms with Gasteiger partial charge >= 0.3 is 0 Å². The third-order valence-corrected chi connectivity index (χ3v) is 3.72. The average molecular weight is 260 g/mol. The van der Waals surface area contributed by atoms with E-state index in [1.54, 1.807) is 0 Å². The van der Waals surface area contributed by atoms with Crippen LogP contribution in [0.15, 0.2) is 0 Å². The zero-order valence-corrected chi connectivity index (χ0v) is 12.3. The van der Waals surface area contributed by atoms with Crippen LogP contribution in [0.4, 0.5) is 0 Å². The third-order valence-electron chi connectivity index (χ3n) is 3.72. The van der Waals surface area contributed by atoms with Crippen molar-refractivity contribution in [3.8, 4) is 0 Å². The molecule has 0 saturated heterocycles. The molecular weight excluding hydrogens is 228 g/mol. The minimum absolute atomic E-state index is 0.244. The summed E-state index contributed by atoms with van der Waals surface area (Å²) >= 11 is 0. The average Bonchev–Trinajstić information content (AvgIpc) is 2.33. The van der Waals surface area contributed by atoms with Gasteiger partial charge in [-0.05, 0) is 37.5 Å². The lowest BCUT2D eigenvalue weighted by molar-refractivity contribution is 0.0717. The van der Waals surface area contributed by atoms with Gasteiger partial charge in [0.15, 0.2) is 0 Å². The minimum Gasteiger partial charge on any atom is -0.396 e. The van der Waals surface area contributed by atoms with Gasteiger partial charge in [0.2, 0.25) is 0 Å². The van der Waals surface area contributed by atoms with Gasteiger partial charge < -0.3 is 15.3 Å². The van der Waals surface area contributed by atoms with Crippen LogP contribution in [0.3, 0.4) is 0 Å². The molecule has 3 nitrogen and oxygen atoms in total. The van der Waals surface area contributed by atoms with Crippen molar-refractivity contribution >= 4 is 0 Å². The number of aliphatic hydroxyl groups excluding tert-OH is 3. The van der Waals surface area contributed by atoms with Crippen LogP contribution in [0.5, 0.6) is 0 Å². The van der Waals surface area contributed by atoms with Crippen LogP contribution in [-0.2, 0) is 0 Å². The third kappa shape index (κ3) is 8.90. The number of rotatable bonds is 11. The summed E-state index contributed by atoms with van der Waals surface area (Å²) in [6.07, 6.45) is 5.69. The molecule has 110 valence electrons. The first-order valence-corrected chi connectivity index (χ1v) is 7.48. The Kier molecular flexibility index (Phi) is 10.7. The van der Waals surface area contributed by atoms with Crippen molar-refractivity contribution in [3.63, 3.8) is 0 Å². The molecule has 18 heavy (non-hydrogen) atoms. The number of unbranched alkanes of at least 4 members (excludes halogenated alkanes) is 2. The van der Waals surface area contributed by atoms with Gasteiger partial charge in [0.05, 0.1) is 12.2 Å². The van der Waals surface area contributed by atoms with E-state index in [2.05, 4.69) is 6.92 Å².